The van der Waals surface area contributed by atoms with Crippen LogP contribution >= 0.6 is 0 Å². The van der Waals surface area contributed by atoms with Gasteiger partial charge in [0.25, 0.3) is 0 Å². The topological polar surface area (TPSA) is 25.5 Å². The number of hydrogen-bond acceptors (Lipinski definition) is 2. The van der Waals surface area contributed by atoms with Crippen LogP contribution in [0.5, 0.6) is 0 Å². The van der Waals surface area contributed by atoms with Crippen LogP contribution in [0.1, 0.15) is 25.1 Å². The molecule has 4 heteroatoms. The Balaban J connectivity index is 1.82. The van der Waals surface area contributed by atoms with E-state index in [1.54, 1.807) is 0 Å². The highest BCUT2D eigenvalue weighted by Gasteiger charge is 2.14. The van der Waals surface area contributed by atoms with E-state index in [4.69, 9.17) is 4.98 Å². The first-order valence-electron chi connectivity index (χ1n) is 9.01. The lowest BCUT2D eigenvalue weighted by Gasteiger charge is -2.15. The Hall–Kier alpha value is -2.59. The van der Waals surface area contributed by atoms with E-state index in [1.807, 2.05) is 0 Å². The molecule has 128 valence electrons. The summed E-state index contributed by atoms with van der Waals surface area (Å²) in [5, 5.41) is 0. The van der Waals surface area contributed by atoms with Crippen LogP contribution in [0.2, 0.25) is 0 Å². The van der Waals surface area contributed by atoms with Crippen molar-refractivity contribution in [1.82, 2.24) is 18.9 Å². The maximum Gasteiger partial charge on any atom is 0.215 e. The van der Waals surface area contributed by atoms with Gasteiger partial charge in [-0.1, -0.05) is 56.3 Å². The Bertz CT molecular complexity index is 977. The van der Waals surface area contributed by atoms with Crippen molar-refractivity contribution in [1.29, 1.82) is 0 Å². The van der Waals surface area contributed by atoms with Gasteiger partial charge in [-0.3, -0.25) is 9.30 Å². The summed E-state index contributed by atoms with van der Waals surface area (Å²) >= 11 is 0. The van der Waals surface area contributed by atoms with Crippen molar-refractivity contribution in [2.75, 3.05) is 13.1 Å². The SMILES string of the molecule is CCN(CC)Cc1cn2c3ccccc3n(Cc3ccccc3)c2n1. The van der Waals surface area contributed by atoms with Crippen molar-refractivity contribution in [2.45, 2.75) is 26.9 Å². The standard InChI is InChI=1S/C21H24N4/c1-3-23(4-2)15-18-16-25-20-13-9-8-12-19(20)24(21(25)22-18)14-17-10-6-5-7-11-17/h5-13,16H,3-4,14-15H2,1-2H3. The van der Waals surface area contributed by atoms with Gasteiger partial charge in [-0.15, -0.1) is 0 Å². The second-order valence-corrected chi connectivity index (χ2v) is 6.42. The van der Waals surface area contributed by atoms with E-state index in [-0.39, 0.29) is 0 Å². The lowest BCUT2D eigenvalue weighted by molar-refractivity contribution is 0.293. The minimum atomic E-state index is 0.833. The maximum atomic E-state index is 4.97. The highest BCUT2D eigenvalue weighted by molar-refractivity contribution is 5.81. The summed E-state index contributed by atoms with van der Waals surface area (Å²) < 4.78 is 4.55. The van der Waals surface area contributed by atoms with Gasteiger partial charge in [0.05, 0.1) is 23.3 Å². The average Bonchev–Trinajstić information content (AvgIpc) is 3.19. The van der Waals surface area contributed by atoms with Crippen molar-refractivity contribution >= 4 is 16.8 Å². The molecule has 2 aromatic heterocycles. The van der Waals surface area contributed by atoms with Crippen LogP contribution < -0.4 is 0 Å². The molecule has 0 saturated heterocycles. The molecule has 0 atom stereocenters. The van der Waals surface area contributed by atoms with Crippen molar-refractivity contribution in [3.8, 4) is 0 Å². The quantitative estimate of drug-likeness (QED) is 0.529. The summed E-state index contributed by atoms with van der Waals surface area (Å²) in [6.07, 6.45) is 2.19. The fourth-order valence-electron chi connectivity index (χ4n) is 3.46. The Labute approximate surface area is 148 Å². The summed E-state index contributed by atoms with van der Waals surface area (Å²) in [6.45, 7) is 8.22. The van der Waals surface area contributed by atoms with Crippen molar-refractivity contribution in [3.05, 3.63) is 72.1 Å². The number of fused-ring (bicyclic) bond motifs is 3. The largest absolute Gasteiger partial charge is 0.305 e. The summed E-state index contributed by atoms with van der Waals surface area (Å²) in [5.41, 5.74) is 4.86. The predicted octanol–water partition coefficient (Wildman–Crippen LogP) is 4.18. The molecule has 0 amide bonds. The molecular weight excluding hydrogens is 308 g/mol. The van der Waals surface area contributed by atoms with E-state index in [0.29, 0.717) is 0 Å². The summed E-state index contributed by atoms with van der Waals surface area (Å²) in [6, 6.07) is 19.1. The van der Waals surface area contributed by atoms with E-state index in [2.05, 4.69) is 88.5 Å². The number of hydrogen-bond donors (Lipinski definition) is 0. The first kappa shape index (κ1) is 15.9. The van der Waals surface area contributed by atoms with E-state index >= 15 is 0 Å². The number of para-hydroxylation sites is 2. The summed E-state index contributed by atoms with van der Waals surface area (Å²) in [7, 11) is 0. The van der Waals surface area contributed by atoms with Crippen LogP contribution in [0.15, 0.2) is 60.8 Å². The minimum absolute atomic E-state index is 0.833. The normalized spacial score (nSPS) is 11.8. The first-order chi connectivity index (χ1) is 12.3. The molecule has 4 nitrogen and oxygen atoms in total. The molecule has 0 spiro atoms. The lowest BCUT2D eigenvalue weighted by Crippen LogP contribution is -2.22. The van der Waals surface area contributed by atoms with Gasteiger partial charge in [-0.25, -0.2) is 4.98 Å². The third-order valence-electron chi connectivity index (χ3n) is 4.87. The van der Waals surface area contributed by atoms with Crippen LogP contribution in [-0.4, -0.2) is 31.9 Å². The number of benzene rings is 2. The zero-order chi connectivity index (χ0) is 17.2. The second kappa shape index (κ2) is 6.73. The minimum Gasteiger partial charge on any atom is -0.305 e. The number of imidazole rings is 2. The predicted molar refractivity (Wildman–Crippen MR) is 103 cm³/mol. The molecule has 0 bridgehead atoms. The van der Waals surface area contributed by atoms with Gasteiger partial charge >= 0.3 is 0 Å². The Morgan fingerprint density at radius 3 is 2.28 bits per heavy atom. The van der Waals surface area contributed by atoms with Crippen LogP contribution in [0.3, 0.4) is 0 Å². The monoisotopic (exact) mass is 332 g/mol. The molecule has 2 aromatic carbocycles. The van der Waals surface area contributed by atoms with Gasteiger partial charge in [-0.2, -0.15) is 0 Å². The molecule has 0 aliphatic heterocycles. The summed E-state index contributed by atoms with van der Waals surface area (Å²) in [4.78, 5) is 7.36. The fourth-order valence-corrected chi connectivity index (χ4v) is 3.46. The number of aromatic nitrogens is 3. The average molecular weight is 332 g/mol. The first-order valence-corrected chi connectivity index (χ1v) is 9.01. The van der Waals surface area contributed by atoms with Crippen LogP contribution in [0.4, 0.5) is 0 Å². The molecule has 4 rings (SSSR count). The molecule has 0 N–H and O–H groups in total. The van der Waals surface area contributed by atoms with Gasteiger partial charge < -0.3 is 4.57 Å². The molecule has 0 aliphatic rings. The van der Waals surface area contributed by atoms with Crippen molar-refractivity contribution in [2.24, 2.45) is 0 Å². The highest BCUT2D eigenvalue weighted by atomic mass is 15.2. The molecule has 2 heterocycles. The second-order valence-electron chi connectivity index (χ2n) is 6.42. The van der Waals surface area contributed by atoms with E-state index in [0.717, 1.165) is 37.7 Å². The van der Waals surface area contributed by atoms with E-state index in [9.17, 15) is 0 Å². The highest BCUT2D eigenvalue weighted by Crippen LogP contribution is 2.23. The lowest BCUT2D eigenvalue weighted by atomic mass is 10.2. The van der Waals surface area contributed by atoms with Crippen molar-refractivity contribution in [3.63, 3.8) is 0 Å². The zero-order valence-corrected chi connectivity index (χ0v) is 14.9. The third-order valence-corrected chi connectivity index (χ3v) is 4.87. The molecule has 25 heavy (non-hydrogen) atoms. The number of nitrogens with zero attached hydrogens (tertiary/aromatic N) is 4. The van der Waals surface area contributed by atoms with Crippen molar-refractivity contribution < 1.29 is 0 Å². The molecule has 4 aromatic rings. The zero-order valence-electron chi connectivity index (χ0n) is 14.9. The molecule has 0 radical (unpaired) electrons. The molecule has 0 saturated carbocycles. The Kier molecular flexibility index (Phi) is 4.28. The fraction of sp³-hybridized carbons (Fsp3) is 0.286. The van der Waals surface area contributed by atoms with E-state index < -0.39 is 0 Å². The molecular formula is C21H24N4. The third kappa shape index (κ3) is 2.94. The molecule has 0 fully saturated rings. The van der Waals surface area contributed by atoms with Gasteiger partial charge in [0.15, 0.2) is 0 Å². The van der Waals surface area contributed by atoms with Gasteiger partial charge in [0, 0.05) is 12.7 Å². The van der Waals surface area contributed by atoms with Gasteiger partial charge in [0.2, 0.25) is 5.78 Å². The van der Waals surface area contributed by atoms with Crippen LogP contribution in [0, 0.1) is 0 Å². The van der Waals surface area contributed by atoms with E-state index in [1.165, 1.54) is 16.6 Å². The van der Waals surface area contributed by atoms with Gasteiger partial charge in [0.1, 0.15) is 0 Å². The Morgan fingerprint density at radius 1 is 0.880 bits per heavy atom. The smallest absolute Gasteiger partial charge is 0.215 e. The van der Waals surface area contributed by atoms with Gasteiger partial charge in [-0.05, 0) is 30.8 Å². The number of rotatable bonds is 6. The maximum absolute atomic E-state index is 4.97. The molecule has 0 unspecified atom stereocenters. The van der Waals surface area contributed by atoms with Crippen LogP contribution in [-0.2, 0) is 13.1 Å². The Morgan fingerprint density at radius 2 is 1.56 bits per heavy atom. The molecule has 0 aliphatic carbocycles. The van der Waals surface area contributed by atoms with Crippen LogP contribution in [0.25, 0.3) is 16.8 Å². The summed E-state index contributed by atoms with van der Waals surface area (Å²) in [5.74, 6) is 1.02.